The fraction of sp³-hybridized carbons (Fsp3) is 0. The number of benzene rings is 5. The minimum atomic E-state index is -0.125. The van der Waals surface area contributed by atoms with E-state index in [1.807, 2.05) is 6.08 Å². The lowest BCUT2D eigenvalue weighted by Gasteiger charge is -2.39. The highest BCUT2D eigenvalue weighted by molar-refractivity contribution is 6.99. The fourth-order valence-corrected chi connectivity index (χ4v) is 7.61. The van der Waals surface area contributed by atoms with Gasteiger partial charge in [0.05, 0.1) is 0 Å². The third-order valence-corrected chi connectivity index (χ3v) is 9.16. The van der Waals surface area contributed by atoms with Gasteiger partial charge in [-0.2, -0.15) is 0 Å². The van der Waals surface area contributed by atoms with E-state index in [1.165, 1.54) is 33.1 Å². The number of anilines is 1. The molecule has 4 aliphatic heterocycles. The molecular weight excluding hydrogens is 504 g/mol. The Labute approximate surface area is 237 Å². The van der Waals surface area contributed by atoms with Crippen molar-refractivity contribution in [3.8, 4) is 45.3 Å². The zero-order chi connectivity index (χ0) is 26.8. The molecular formula is C34H21B2N3O2. The molecule has 0 radical (unpaired) electrons. The molecule has 0 bridgehead atoms. The fourth-order valence-electron chi connectivity index (χ4n) is 7.61. The molecule has 1 aromatic heterocycles. The zero-order valence-corrected chi connectivity index (χ0v) is 21.9. The van der Waals surface area contributed by atoms with Crippen molar-refractivity contribution >= 4 is 58.2 Å². The first-order valence-corrected chi connectivity index (χ1v) is 14.0. The highest BCUT2D eigenvalue weighted by atomic mass is 16.5. The molecule has 5 nitrogen and oxygen atoms in total. The van der Waals surface area contributed by atoms with E-state index in [9.17, 15) is 0 Å². The van der Waals surface area contributed by atoms with Crippen LogP contribution in [0.2, 0.25) is 0 Å². The molecule has 5 heterocycles. The van der Waals surface area contributed by atoms with E-state index < -0.39 is 0 Å². The van der Waals surface area contributed by atoms with Gasteiger partial charge in [0.25, 0.3) is 0 Å². The Bertz CT molecular complexity index is 2180. The predicted octanol–water partition coefficient (Wildman–Crippen LogP) is 4.61. The second-order valence-corrected chi connectivity index (χ2v) is 11.1. The van der Waals surface area contributed by atoms with Gasteiger partial charge in [0.15, 0.2) is 0 Å². The van der Waals surface area contributed by atoms with Crippen molar-refractivity contribution in [1.29, 1.82) is 0 Å². The quantitative estimate of drug-likeness (QED) is 0.308. The number of nitrogens with zero attached hydrogens (tertiary/aromatic N) is 1. The smallest absolute Gasteiger partial charge is 0.335 e. The average molecular weight is 525 g/mol. The maximum absolute atomic E-state index is 6.71. The van der Waals surface area contributed by atoms with Crippen LogP contribution in [0.4, 0.5) is 5.69 Å². The number of para-hydroxylation sites is 2. The number of ether oxygens (including phenoxy) is 2. The van der Waals surface area contributed by atoms with Gasteiger partial charge in [-0.1, -0.05) is 60.7 Å². The highest BCUT2D eigenvalue weighted by Gasteiger charge is 2.47. The van der Waals surface area contributed by atoms with Crippen molar-refractivity contribution < 1.29 is 9.47 Å². The Morgan fingerprint density at radius 3 is 2.12 bits per heavy atom. The summed E-state index contributed by atoms with van der Waals surface area (Å²) in [6.07, 6.45) is 5.79. The van der Waals surface area contributed by atoms with Crippen LogP contribution in [0.15, 0.2) is 103 Å². The molecule has 10 rings (SSSR count). The number of hydrogen-bond acceptors (Lipinski definition) is 4. The second kappa shape index (κ2) is 7.46. The third kappa shape index (κ3) is 2.59. The first-order valence-electron chi connectivity index (χ1n) is 14.0. The Kier molecular flexibility index (Phi) is 3.92. The van der Waals surface area contributed by atoms with Gasteiger partial charge in [0.2, 0.25) is 0 Å². The molecule has 0 saturated heterocycles. The summed E-state index contributed by atoms with van der Waals surface area (Å²) in [6.45, 7) is -0.174. The maximum atomic E-state index is 6.71. The number of fused-ring (bicyclic) bond motifs is 9. The third-order valence-electron chi connectivity index (χ3n) is 9.16. The summed E-state index contributed by atoms with van der Waals surface area (Å²) in [6, 6.07) is 32.0. The Hall–Kier alpha value is -5.29. The van der Waals surface area contributed by atoms with Gasteiger partial charge in [0, 0.05) is 27.8 Å². The van der Waals surface area contributed by atoms with Crippen molar-refractivity contribution in [2.24, 2.45) is 5.73 Å². The van der Waals surface area contributed by atoms with E-state index in [-0.39, 0.29) is 13.7 Å². The normalized spacial score (nSPS) is 14.3. The molecule has 0 amide bonds. The Balaban J connectivity index is 1.29. The first kappa shape index (κ1) is 21.5. The lowest BCUT2D eigenvalue weighted by atomic mass is 9.37. The van der Waals surface area contributed by atoms with Crippen LogP contribution < -0.4 is 42.3 Å². The minimum Gasteiger partial charge on any atom is -0.458 e. The summed E-state index contributed by atoms with van der Waals surface area (Å²) >= 11 is 0. The molecule has 6 aromatic rings. The molecule has 0 aliphatic carbocycles. The standard InChI is InChI=1S/C34H21B2N3O2/c37-17-15-19-5-1-9-23-21-7-3-11-25-29(21)35(38-33(19)23)31-27(40-25)13-14-28-32(31)36-30-22(8-4-12-26(30)41-28)24-10-2-6-20-16-18-39(36)34(20)24/h1-18,38H,37H2/b17-15-. The lowest BCUT2D eigenvalue weighted by Crippen LogP contribution is -2.66. The number of aromatic nitrogens is 1. The van der Waals surface area contributed by atoms with Crippen molar-refractivity contribution in [2.45, 2.75) is 0 Å². The van der Waals surface area contributed by atoms with Gasteiger partial charge in [-0.25, -0.2) is 0 Å². The van der Waals surface area contributed by atoms with Gasteiger partial charge >= 0.3 is 13.7 Å². The van der Waals surface area contributed by atoms with Gasteiger partial charge in [0.1, 0.15) is 23.0 Å². The molecule has 0 saturated carbocycles. The van der Waals surface area contributed by atoms with Crippen LogP contribution in [0.25, 0.3) is 39.2 Å². The molecule has 0 spiro atoms. The van der Waals surface area contributed by atoms with Crippen molar-refractivity contribution in [2.75, 3.05) is 5.23 Å². The Morgan fingerprint density at radius 2 is 1.29 bits per heavy atom. The summed E-state index contributed by atoms with van der Waals surface area (Å²) in [5.41, 5.74) is 18.7. The van der Waals surface area contributed by atoms with Gasteiger partial charge in [-0.3, -0.25) is 0 Å². The maximum Gasteiger partial charge on any atom is 0.335 e. The van der Waals surface area contributed by atoms with Crippen LogP contribution >= 0.6 is 0 Å². The number of hydrogen-bond donors (Lipinski definition) is 2. The molecule has 5 aromatic carbocycles. The molecule has 0 unspecified atom stereocenters. The minimum absolute atomic E-state index is 0.0491. The molecule has 190 valence electrons. The molecule has 4 aliphatic rings. The Morgan fingerprint density at radius 1 is 0.634 bits per heavy atom. The molecule has 0 fully saturated rings. The van der Waals surface area contributed by atoms with Gasteiger partial charge in [-0.05, 0) is 87.3 Å². The summed E-state index contributed by atoms with van der Waals surface area (Å²) in [7, 11) is 0. The van der Waals surface area contributed by atoms with Crippen molar-refractivity contribution in [1.82, 2.24) is 4.48 Å². The largest absolute Gasteiger partial charge is 0.458 e. The first-order chi connectivity index (χ1) is 20.3. The summed E-state index contributed by atoms with van der Waals surface area (Å²) in [4.78, 5) is 0. The number of nitrogens with two attached hydrogens (primary N) is 1. The monoisotopic (exact) mass is 525 g/mol. The number of nitrogens with one attached hydrogen (secondary N) is 1. The van der Waals surface area contributed by atoms with Gasteiger partial charge < -0.3 is 24.9 Å². The topological polar surface area (TPSA) is 61.4 Å². The molecule has 0 atom stereocenters. The number of rotatable bonds is 1. The van der Waals surface area contributed by atoms with Gasteiger partial charge in [-0.15, -0.1) is 0 Å². The SMILES string of the molecule is N/C=C\c1cccc2c1NB1c3c(cccc3-2)Oc2ccc3c(c21)B1c2c(cccc2-c2cccc4ccn1c24)O3. The predicted molar refractivity (Wildman–Crippen MR) is 168 cm³/mol. The van der Waals surface area contributed by atoms with E-state index in [0.717, 1.165) is 56.2 Å². The highest BCUT2D eigenvalue weighted by Crippen LogP contribution is 2.42. The van der Waals surface area contributed by atoms with Crippen LogP contribution in [0, 0.1) is 0 Å². The van der Waals surface area contributed by atoms with E-state index in [0.29, 0.717) is 0 Å². The summed E-state index contributed by atoms with van der Waals surface area (Å²) in [5, 5.41) is 5.18. The average Bonchev–Trinajstić information content (AvgIpc) is 3.44. The molecule has 7 heteroatoms. The van der Waals surface area contributed by atoms with Crippen LogP contribution in [0.1, 0.15) is 5.56 Å². The van der Waals surface area contributed by atoms with E-state index >= 15 is 0 Å². The summed E-state index contributed by atoms with van der Waals surface area (Å²) in [5.74, 6) is 3.51. The van der Waals surface area contributed by atoms with Crippen molar-refractivity contribution in [3.05, 3.63) is 109 Å². The van der Waals surface area contributed by atoms with Crippen LogP contribution in [-0.2, 0) is 0 Å². The lowest BCUT2D eigenvalue weighted by molar-refractivity contribution is 0.475. The zero-order valence-electron chi connectivity index (χ0n) is 21.9. The van der Waals surface area contributed by atoms with E-state index in [1.54, 1.807) is 6.20 Å². The van der Waals surface area contributed by atoms with E-state index in [4.69, 9.17) is 15.2 Å². The van der Waals surface area contributed by atoms with Crippen LogP contribution in [0.5, 0.6) is 23.0 Å². The second-order valence-electron chi connectivity index (χ2n) is 11.1. The molecule has 41 heavy (non-hydrogen) atoms. The van der Waals surface area contributed by atoms with E-state index in [2.05, 4.69) is 107 Å². The van der Waals surface area contributed by atoms with Crippen LogP contribution in [0.3, 0.4) is 0 Å². The van der Waals surface area contributed by atoms with Crippen molar-refractivity contribution in [3.63, 3.8) is 0 Å². The summed E-state index contributed by atoms with van der Waals surface area (Å²) < 4.78 is 15.8. The molecule has 3 N–H and O–H groups in total. The van der Waals surface area contributed by atoms with Crippen LogP contribution in [-0.4, -0.2) is 18.2 Å².